The molecule has 7 heteroatoms. The van der Waals surface area contributed by atoms with Crippen LogP contribution in [0.4, 0.5) is 18.9 Å². The molecule has 0 aliphatic carbocycles. The van der Waals surface area contributed by atoms with Crippen molar-refractivity contribution in [2.24, 2.45) is 0 Å². The second kappa shape index (κ2) is 7.09. The normalized spacial score (nSPS) is 11.6. The molecule has 0 fully saturated rings. The van der Waals surface area contributed by atoms with Crippen LogP contribution in [0, 0.1) is 6.92 Å². The summed E-state index contributed by atoms with van der Waals surface area (Å²) in [6, 6.07) is 17.4. The van der Waals surface area contributed by atoms with Gasteiger partial charge >= 0.3 is 6.18 Å². The molecule has 0 spiro atoms. The number of hydrogen-bond donors (Lipinski definition) is 1. The van der Waals surface area contributed by atoms with Gasteiger partial charge < -0.3 is 5.32 Å². The number of imidazole rings is 1. The lowest BCUT2D eigenvalue weighted by Crippen LogP contribution is -2.16. The first-order valence-corrected chi connectivity index (χ1v) is 8.86. The Kier molecular flexibility index (Phi) is 4.58. The largest absolute Gasteiger partial charge is 0.416 e. The number of fused-ring (bicyclic) bond motifs is 1. The zero-order valence-corrected chi connectivity index (χ0v) is 15.4. The van der Waals surface area contributed by atoms with Crippen LogP contribution in [0.1, 0.15) is 21.6 Å². The van der Waals surface area contributed by atoms with E-state index in [1.807, 2.05) is 49.4 Å². The molecule has 4 rings (SSSR count). The van der Waals surface area contributed by atoms with E-state index in [1.54, 1.807) is 10.6 Å². The number of aromatic nitrogens is 2. The smallest absolute Gasteiger partial charge is 0.321 e. The summed E-state index contributed by atoms with van der Waals surface area (Å²) in [5.74, 6) is -0.542. The molecule has 0 bridgehead atoms. The van der Waals surface area contributed by atoms with Gasteiger partial charge in [-0.3, -0.25) is 9.20 Å². The number of carbonyl (C=O) groups excluding carboxylic acids is 1. The number of aryl methyl sites for hydroxylation is 1. The van der Waals surface area contributed by atoms with Crippen LogP contribution in [0.5, 0.6) is 0 Å². The first kappa shape index (κ1) is 18.7. The molecule has 4 aromatic rings. The lowest BCUT2D eigenvalue weighted by atomic mass is 10.1. The highest BCUT2D eigenvalue weighted by Crippen LogP contribution is 2.31. The summed E-state index contributed by atoms with van der Waals surface area (Å²) in [6.07, 6.45) is -2.76. The molecule has 0 aliphatic heterocycles. The molecule has 1 amide bonds. The Bertz CT molecular complexity index is 1200. The van der Waals surface area contributed by atoms with Crippen LogP contribution in [0.25, 0.3) is 16.9 Å². The number of rotatable bonds is 3. The zero-order valence-electron chi connectivity index (χ0n) is 15.4. The van der Waals surface area contributed by atoms with Gasteiger partial charge in [-0.05, 0) is 42.8 Å². The Morgan fingerprint density at radius 3 is 2.48 bits per heavy atom. The van der Waals surface area contributed by atoms with Gasteiger partial charge in [0, 0.05) is 17.4 Å². The quantitative estimate of drug-likeness (QED) is 0.492. The second-order valence-corrected chi connectivity index (χ2v) is 6.64. The van der Waals surface area contributed by atoms with Gasteiger partial charge in [-0.2, -0.15) is 13.2 Å². The van der Waals surface area contributed by atoms with Crippen LogP contribution < -0.4 is 5.32 Å². The van der Waals surface area contributed by atoms with Crippen LogP contribution in [0.15, 0.2) is 72.9 Å². The highest BCUT2D eigenvalue weighted by atomic mass is 19.4. The van der Waals surface area contributed by atoms with Gasteiger partial charge in [0.05, 0.1) is 5.56 Å². The summed E-state index contributed by atoms with van der Waals surface area (Å²) in [5, 5.41) is 2.57. The summed E-state index contributed by atoms with van der Waals surface area (Å²) in [7, 11) is 0. The van der Waals surface area contributed by atoms with Gasteiger partial charge in [0.2, 0.25) is 0 Å². The number of anilines is 1. The van der Waals surface area contributed by atoms with Crippen molar-refractivity contribution < 1.29 is 18.0 Å². The van der Waals surface area contributed by atoms with Gasteiger partial charge in [0.15, 0.2) is 0 Å². The summed E-state index contributed by atoms with van der Waals surface area (Å²) in [6.45, 7) is 1.92. The fourth-order valence-electron chi connectivity index (χ4n) is 3.12. The van der Waals surface area contributed by atoms with E-state index in [1.165, 1.54) is 12.1 Å². The molecule has 4 nitrogen and oxygen atoms in total. The minimum Gasteiger partial charge on any atom is -0.321 e. The molecule has 0 radical (unpaired) electrons. The van der Waals surface area contributed by atoms with Crippen molar-refractivity contribution in [2.45, 2.75) is 13.1 Å². The maximum atomic E-state index is 13.1. The highest BCUT2D eigenvalue weighted by molar-refractivity contribution is 6.07. The summed E-state index contributed by atoms with van der Waals surface area (Å²) in [4.78, 5) is 17.7. The van der Waals surface area contributed by atoms with E-state index < -0.39 is 17.6 Å². The van der Waals surface area contributed by atoms with Gasteiger partial charge in [0.1, 0.15) is 17.0 Å². The third-order valence-corrected chi connectivity index (χ3v) is 4.49. The van der Waals surface area contributed by atoms with Crippen molar-refractivity contribution in [3.05, 3.63) is 89.7 Å². The van der Waals surface area contributed by atoms with Crippen molar-refractivity contribution in [3.8, 4) is 11.3 Å². The molecule has 1 N–H and O–H groups in total. The van der Waals surface area contributed by atoms with E-state index in [9.17, 15) is 18.0 Å². The third-order valence-electron chi connectivity index (χ3n) is 4.49. The lowest BCUT2D eigenvalue weighted by molar-refractivity contribution is -0.137. The molecule has 0 saturated carbocycles. The minimum absolute atomic E-state index is 0.0610. The molecule has 29 heavy (non-hydrogen) atoms. The number of pyridine rings is 1. The van der Waals surface area contributed by atoms with E-state index in [0.717, 1.165) is 23.3 Å². The van der Waals surface area contributed by atoms with E-state index in [4.69, 9.17) is 0 Å². The van der Waals surface area contributed by atoms with E-state index >= 15 is 0 Å². The molecule has 0 saturated heterocycles. The average molecular weight is 395 g/mol. The fraction of sp³-hybridized carbons (Fsp3) is 0.0909. The van der Waals surface area contributed by atoms with Crippen LogP contribution >= 0.6 is 0 Å². The minimum atomic E-state index is -4.49. The van der Waals surface area contributed by atoms with Crippen molar-refractivity contribution in [3.63, 3.8) is 0 Å². The number of amides is 1. The molecular formula is C22H16F3N3O. The summed E-state index contributed by atoms with van der Waals surface area (Å²) >= 11 is 0. The van der Waals surface area contributed by atoms with E-state index in [0.29, 0.717) is 11.3 Å². The number of nitrogens with zero attached hydrogens (tertiary/aromatic N) is 2. The second-order valence-electron chi connectivity index (χ2n) is 6.64. The number of benzene rings is 2. The maximum absolute atomic E-state index is 13.1. The number of nitrogens with one attached hydrogen (secondary N) is 1. The molecule has 2 aromatic heterocycles. The topological polar surface area (TPSA) is 46.4 Å². The molecular weight excluding hydrogens is 379 g/mol. The predicted octanol–water partition coefficient (Wildman–Crippen LogP) is 5.58. The molecule has 2 heterocycles. The first-order valence-electron chi connectivity index (χ1n) is 8.86. The van der Waals surface area contributed by atoms with E-state index in [2.05, 4.69) is 10.3 Å². The van der Waals surface area contributed by atoms with Crippen LogP contribution in [-0.4, -0.2) is 15.3 Å². The van der Waals surface area contributed by atoms with Gasteiger partial charge in [-0.1, -0.05) is 36.4 Å². The molecule has 0 aliphatic rings. The Labute approximate surface area is 164 Å². The van der Waals surface area contributed by atoms with Crippen molar-refractivity contribution in [1.29, 1.82) is 0 Å². The monoisotopic (exact) mass is 395 g/mol. The number of alkyl halides is 3. The Balaban J connectivity index is 1.80. The third kappa shape index (κ3) is 3.71. The molecule has 2 aromatic carbocycles. The Morgan fingerprint density at radius 1 is 1.00 bits per heavy atom. The van der Waals surface area contributed by atoms with Crippen molar-refractivity contribution >= 4 is 17.2 Å². The Hall–Kier alpha value is -3.61. The average Bonchev–Trinajstić information content (AvgIpc) is 3.07. The summed E-state index contributed by atoms with van der Waals surface area (Å²) < 4.78 is 40.6. The van der Waals surface area contributed by atoms with Gasteiger partial charge in [-0.25, -0.2) is 4.98 Å². The van der Waals surface area contributed by atoms with Gasteiger partial charge in [0.25, 0.3) is 5.91 Å². The Morgan fingerprint density at radius 2 is 1.76 bits per heavy atom. The zero-order chi connectivity index (χ0) is 20.6. The number of hydrogen-bond acceptors (Lipinski definition) is 2. The highest BCUT2D eigenvalue weighted by Gasteiger charge is 2.30. The summed E-state index contributed by atoms with van der Waals surface area (Å²) in [5.41, 5.74) is 2.25. The standard InChI is InChI=1S/C22H16F3N3O/c1-14-10-11-28-18(12-14)27-19(15-6-3-2-4-7-15)20(28)21(29)26-17-9-5-8-16(13-17)22(23,24)25/h2-13H,1H3,(H,26,29). The molecule has 146 valence electrons. The molecule has 0 unspecified atom stereocenters. The lowest BCUT2D eigenvalue weighted by Gasteiger charge is -2.11. The fourth-order valence-corrected chi connectivity index (χ4v) is 3.12. The van der Waals surface area contributed by atoms with Crippen molar-refractivity contribution in [2.75, 3.05) is 5.32 Å². The maximum Gasteiger partial charge on any atom is 0.416 e. The van der Waals surface area contributed by atoms with Crippen LogP contribution in [0.3, 0.4) is 0 Å². The predicted molar refractivity (Wildman–Crippen MR) is 105 cm³/mol. The SMILES string of the molecule is Cc1ccn2c(C(=O)Nc3cccc(C(F)(F)F)c3)c(-c3ccccc3)nc2c1. The molecule has 0 atom stereocenters. The van der Waals surface area contributed by atoms with E-state index in [-0.39, 0.29) is 11.4 Å². The van der Waals surface area contributed by atoms with Crippen LogP contribution in [0.2, 0.25) is 0 Å². The van der Waals surface area contributed by atoms with Crippen molar-refractivity contribution in [1.82, 2.24) is 9.38 Å². The van der Waals surface area contributed by atoms with Gasteiger partial charge in [-0.15, -0.1) is 0 Å². The first-order chi connectivity index (χ1) is 13.8. The number of carbonyl (C=O) groups is 1. The number of halogens is 3. The van der Waals surface area contributed by atoms with Crippen LogP contribution in [-0.2, 0) is 6.18 Å².